The summed E-state index contributed by atoms with van der Waals surface area (Å²) in [5.41, 5.74) is 0.350. The van der Waals surface area contributed by atoms with E-state index in [1.165, 1.54) is 0 Å². The van der Waals surface area contributed by atoms with E-state index >= 15 is 0 Å². The van der Waals surface area contributed by atoms with Crippen LogP contribution < -0.4 is 16.0 Å². The average molecular weight is 292 g/mol. The van der Waals surface area contributed by atoms with Crippen LogP contribution in [0, 0.1) is 0 Å². The minimum Gasteiger partial charge on any atom is -0.369 e. The van der Waals surface area contributed by atoms with Gasteiger partial charge in [0.15, 0.2) is 5.69 Å². The van der Waals surface area contributed by atoms with E-state index in [-0.39, 0.29) is 5.91 Å². The molecule has 2 rings (SSSR count). The van der Waals surface area contributed by atoms with Crippen LogP contribution in [0.25, 0.3) is 0 Å². The lowest BCUT2D eigenvalue weighted by atomic mass is 10.3. The number of rotatable bonds is 7. The molecule has 0 aliphatic carbocycles. The van der Waals surface area contributed by atoms with Gasteiger partial charge in [0.25, 0.3) is 5.91 Å². The lowest BCUT2D eigenvalue weighted by Crippen LogP contribution is -2.44. The van der Waals surface area contributed by atoms with Crippen LogP contribution in [0.1, 0.15) is 23.8 Å². The first kappa shape index (κ1) is 15.7. The van der Waals surface area contributed by atoms with Gasteiger partial charge in [0.1, 0.15) is 5.82 Å². The van der Waals surface area contributed by atoms with Crippen molar-refractivity contribution < 1.29 is 4.79 Å². The molecule has 0 aromatic carbocycles. The Bertz CT molecular complexity index is 430. The minimum absolute atomic E-state index is 0.185. The quantitative estimate of drug-likeness (QED) is 0.611. The van der Waals surface area contributed by atoms with Crippen molar-refractivity contribution >= 4 is 11.7 Å². The number of hydrogen-bond donors (Lipinski definition) is 3. The second-order valence-electron chi connectivity index (χ2n) is 5.04. The van der Waals surface area contributed by atoms with Crippen LogP contribution in [0.15, 0.2) is 12.1 Å². The Balaban J connectivity index is 1.67. The van der Waals surface area contributed by atoms with Gasteiger partial charge < -0.3 is 20.9 Å². The van der Waals surface area contributed by atoms with Crippen LogP contribution in [-0.2, 0) is 0 Å². The zero-order chi connectivity index (χ0) is 14.9. The second-order valence-corrected chi connectivity index (χ2v) is 5.04. The molecule has 1 aliphatic rings. The lowest BCUT2D eigenvalue weighted by molar-refractivity contribution is 0.0950. The molecule has 7 heteroatoms. The van der Waals surface area contributed by atoms with Crippen LogP contribution in [0.5, 0.6) is 0 Å². The van der Waals surface area contributed by atoms with E-state index in [1.807, 2.05) is 6.92 Å². The number of anilines is 1. The molecule has 1 aromatic heterocycles. The molecule has 7 nitrogen and oxygen atoms in total. The summed E-state index contributed by atoms with van der Waals surface area (Å²) in [6, 6.07) is 3.49. The van der Waals surface area contributed by atoms with Crippen LogP contribution >= 0.6 is 0 Å². The first-order valence-electron chi connectivity index (χ1n) is 7.58. The summed E-state index contributed by atoms with van der Waals surface area (Å²) in [6.45, 7) is 8.84. The largest absolute Gasteiger partial charge is 0.369 e. The van der Waals surface area contributed by atoms with Gasteiger partial charge in [-0.2, -0.15) is 0 Å². The molecule has 0 atom stereocenters. The number of nitrogens with zero attached hydrogens (tertiary/aromatic N) is 3. The Morgan fingerprint density at radius 1 is 1.33 bits per heavy atom. The van der Waals surface area contributed by atoms with E-state index in [4.69, 9.17) is 0 Å². The molecular formula is C14H24N6O. The van der Waals surface area contributed by atoms with Gasteiger partial charge in [-0.3, -0.25) is 4.79 Å². The number of carbonyl (C=O) groups excluding carboxylic acids is 1. The number of nitrogens with one attached hydrogen (secondary N) is 3. The highest BCUT2D eigenvalue weighted by Crippen LogP contribution is 2.02. The summed E-state index contributed by atoms with van der Waals surface area (Å²) >= 11 is 0. The molecule has 1 amide bonds. The fraction of sp³-hybridized carbons (Fsp3) is 0.643. The van der Waals surface area contributed by atoms with Gasteiger partial charge in [-0.05, 0) is 32.0 Å². The summed E-state index contributed by atoms with van der Waals surface area (Å²) in [7, 11) is 0. The molecule has 0 saturated carbocycles. The van der Waals surface area contributed by atoms with E-state index in [0.29, 0.717) is 18.1 Å². The summed E-state index contributed by atoms with van der Waals surface area (Å²) in [6.07, 6.45) is 1.07. The summed E-state index contributed by atoms with van der Waals surface area (Å²) in [5.74, 6) is 0.526. The smallest absolute Gasteiger partial charge is 0.271 e. The Hall–Kier alpha value is -1.73. The summed E-state index contributed by atoms with van der Waals surface area (Å²) in [5, 5.41) is 17.2. The second kappa shape index (κ2) is 8.53. The van der Waals surface area contributed by atoms with E-state index < -0.39 is 0 Å². The first-order valence-corrected chi connectivity index (χ1v) is 7.58. The summed E-state index contributed by atoms with van der Waals surface area (Å²) < 4.78 is 0. The van der Waals surface area contributed by atoms with Crippen LogP contribution in [0.4, 0.5) is 5.82 Å². The zero-order valence-electron chi connectivity index (χ0n) is 12.6. The van der Waals surface area contributed by atoms with Crippen molar-refractivity contribution in [2.75, 3.05) is 51.1 Å². The molecule has 1 saturated heterocycles. The average Bonchev–Trinajstić information content (AvgIpc) is 2.53. The fourth-order valence-corrected chi connectivity index (χ4v) is 2.25. The third-order valence-corrected chi connectivity index (χ3v) is 3.40. The number of amides is 1. The monoisotopic (exact) mass is 292 g/mol. The molecule has 21 heavy (non-hydrogen) atoms. The number of carbonyl (C=O) groups is 1. The highest BCUT2D eigenvalue weighted by Gasteiger charge is 2.09. The van der Waals surface area contributed by atoms with Gasteiger partial charge in [0.05, 0.1) is 0 Å². The Labute approximate surface area is 125 Å². The maximum Gasteiger partial charge on any atom is 0.271 e. The van der Waals surface area contributed by atoms with Crippen molar-refractivity contribution in [2.24, 2.45) is 0 Å². The zero-order valence-corrected chi connectivity index (χ0v) is 12.6. The van der Waals surface area contributed by atoms with E-state index in [2.05, 4.69) is 31.0 Å². The first-order chi connectivity index (χ1) is 10.3. The third kappa shape index (κ3) is 5.28. The van der Waals surface area contributed by atoms with Crippen LogP contribution in [0.2, 0.25) is 0 Å². The van der Waals surface area contributed by atoms with Crippen LogP contribution in [-0.4, -0.2) is 66.8 Å². The van der Waals surface area contributed by atoms with Crippen molar-refractivity contribution in [3.63, 3.8) is 0 Å². The van der Waals surface area contributed by atoms with Gasteiger partial charge >= 0.3 is 0 Å². The van der Waals surface area contributed by atoms with E-state index in [9.17, 15) is 4.79 Å². The molecule has 0 radical (unpaired) electrons. The SMILES string of the molecule is CCNC(=O)c1ccc(NCCCN2CCNCC2)nn1. The highest BCUT2D eigenvalue weighted by molar-refractivity contribution is 5.92. The Kier molecular flexibility index (Phi) is 6.36. The van der Waals surface area contributed by atoms with Crippen molar-refractivity contribution in [1.29, 1.82) is 0 Å². The van der Waals surface area contributed by atoms with E-state index in [0.717, 1.165) is 45.7 Å². The number of piperazine rings is 1. The topological polar surface area (TPSA) is 82.2 Å². The van der Waals surface area contributed by atoms with Gasteiger partial charge in [0, 0.05) is 39.3 Å². The molecule has 1 aromatic rings. The maximum absolute atomic E-state index is 11.5. The predicted octanol–water partition coefficient (Wildman–Crippen LogP) is -0.0665. The molecule has 0 bridgehead atoms. The standard InChI is InChI=1S/C14H24N6O/c1-2-16-14(21)12-4-5-13(19-18-12)17-6-3-9-20-10-7-15-8-11-20/h4-5,15H,2-3,6-11H2,1H3,(H,16,21)(H,17,19). The minimum atomic E-state index is -0.185. The van der Waals surface area contributed by atoms with Crippen molar-refractivity contribution in [1.82, 2.24) is 25.7 Å². The maximum atomic E-state index is 11.5. The van der Waals surface area contributed by atoms with Crippen molar-refractivity contribution in [3.05, 3.63) is 17.8 Å². The number of hydrogen-bond acceptors (Lipinski definition) is 6. The summed E-state index contributed by atoms with van der Waals surface area (Å²) in [4.78, 5) is 14.0. The third-order valence-electron chi connectivity index (χ3n) is 3.40. The van der Waals surface area contributed by atoms with Crippen molar-refractivity contribution in [3.8, 4) is 0 Å². The highest BCUT2D eigenvalue weighted by atomic mass is 16.1. The van der Waals surface area contributed by atoms with Gasteiger partial charge in [0.2, 0.25) is 0 Å². The number of aromatic nitrogens is 2. The van der Waals surface area contributed by atoms with Crippen molar-refractivity contribution in [2.45, 2.75) is 13.3 Å². The molecule has 1 fully saturated rings. The molecule has 3 N–H and O–H groups in total. The molecule has 2 heterocycles. The van der Waals surface area contributed by atoms with Gasteiger partial charge in [-0.1, -0.05) is 0 Å². The van der Waals surface area contributed by atoms with Gasteiger partial charge in [-0.15, -0.1) is 10.2 Å². The Morgan fingerprint density at radius 3 is 2.81 bits per heavy atom. The fourth-order valence-electron chi connectivity index (χ4n) is 2.25. The van der Waals surface area contributed by atoms with Gasteiger partial charge in [-0.25, -0.2) is 0 Å². The molecule has 0 spiro atoms. The molecule has 0 unspecified atom stereocenters. The molecule has 1 aliphatic heterocycles. The Morgan fingerprint density at radius 2 is 2.14 bits per heavy atom. The van der Waals surface area contributed by atoms with E-state index in [1.54, 1.807) is 12.1 Å². The normalized spacial score (nSPS) is 15.7. The lowest BCUT2D eigenvalue weighted by Gasteiger charge is -2.27. The molecule has 116 valence electrons. The predicted molar refractivity (Wildman–Crippen MR) is 82.5 cm³/mol. The molecular weight excluding hydrogens is 268 g/mol. The van der Waals surface area contributed by atoms with Crippen LogP contribution in [0.3, 0.4) is 0 Å².